The maximum Gasteiger partial charge on any atom is 0.195 e. The van der Waals surface area contributed by atoms with E-state index in [1.165, 1.54) is 11.1 Å². The van der Waals surface area contributed by atoms with Gasteiger partial charge in [-0.25, -0.2) is 8.42 Å². The first-order chi connectivity index (χ1) is 9.61. The molecule has 0 amide bonds. The van der Waals surface area contributed by atoms with Gasteiger partial charge in [-0.1, -0.05) is 0 Å². The van der Waals surface area contributed by atoms with Gasteiger partial charge in [-0.05, 0) is 39.0 Å². The summed E-state index contributed by atoms with van der Waals surface area (Å²) in [5.41, 5.74) is 2.02. The van der Waals surface area contributed by atoms with Crippen molar-refractivity contribution in [2.45, 2.75) is 45.5 Å². The average Bonchev–Trinajstić information content (AvgIpc) is 2.92. The molecule has 2 rings (SSSR count). The molecular formula is C12H20N6O2S. The van der Waals surface area contributed by atoms with Crippen LogP contribution in [0.2, 0.25) is 0 Å². The van der Waals surface area contributed by atoms with Crippen LogP contribution in [0.1, 0.15) is 31.1 Å². The molecule has 0 bridgehead atoms. The molecule has 21 heavy (non-hydrogen) atoms. The van der Waals surface area contributed by atoms with Gasteiger partial charge in [0.2, 0.25) is 0 Å². The molecule has 0 aliphatic heterocycles. The summed E-state index contributed by atoms with van der Waals surface area (Å²) in [4.78, 5) is 1.40. The SMILES string of the molecule is Cc1cc(C)n(CCn2nnc(C(C)(C)S(C)(=O)=O)n2)n1. The van der Waals surface area contributed by atoms with E-state index < -0.39 is 14.6 Å². The lowest BCUT2D eigenvalue weighted by molar-refractivity contribution is 0.441. The molecule has 0 fully saturated rings. The van der Waals surface area contributed by atoms with Crippen LogP contribution in [0, 0.1) is 13.8 Å². The lowest BCUT2D eigenvalue weighted by atomic mass is 10.2. The van der Waals surface area contributed by atoms with Gasteiger partial charge in [0.15, 0.2) is 15.7 Å². The number of nitrogens with zero attached hydrogens (tertiary/aromatic N) is 6. The number of rotatable bonds is 5. The minimum atomic E-state index is -3.31. The first-order valence-electron chi connectivity index (χ1n) is 6.60. The van der Waals surface area contributed by atoms with Gasteiger partial charge in [0.05, 0.1) is 18.8 Å². The van der Waals surface area contributed by atoms with Crippen molar-refractivity contribution in [3.8, 4) is 0 Å². The van der Waals surface area contributed by atoms with Gasteiger partial charge in [-0.2, -0.15) is 9.90 Å². The van der Waals surface area contributed by atoms with E-state index in [0.29, 0.717) is 13.1 Å². The predicted molar refractivity (Wildman–Crippen MR) is 77.4 cm³/mol. The summed E-state index contributed by atoms with van der Waals surface area (Å²) in [5.74, 6) is 0.207. The Morgan fingerprint density at radius 1 is 1.19 bits per heavy atom. The van der Waals surface area contributed by atoms with E-state index in [9.17, 15) is 8.42 Å². The van der Waals surface area contributed by atoms with Crippen LogP contribution in [0.5, 0.6) is 0 Å². The van der Waals surface area contributed by atoms with Crippen LogP contribution in [0.4, 0.5) is 0 Å². The molecule has 0 saturated carbocycles. The molecule has 0 unspecified atom stereocenters. The minimum Gasteiger partial charge on any atom is -0.268 e. The van der Waals surface area contributed by atoms with Gasteiger partial charge in [0, 0.05) is 11.9 Å². The minimum absolute atomic E-state index is 0.207. The van der Waals surface area contributed by atoms with Crippen molar-refractivity contribution in [3.05, 3.63) is 23.3 Å². The van der Waals surface area contributed by atoms with E-state index in [0.717, 1.165) is 11.4 Å². The summed E-state index contributed by atoms with van der Waals surface area (Å²) in [7, 11) is -3.31. The highest BCUT2D eigenvalue weighted by Crippen LogP contribution is 2.24. The largest absolute Gasteiger partial charge is 0.268 e. The molecule has 0 spiro atoms. The Kier molecular flexibility index (Phi) is 3.87. The van der Waals surface area contributed by atoms with Crippen LogP contribution >= 0.6 is 0 Å². The Labute approximate surface area is 124 Å². The van der Waals surface area contributed by atoms with Crippen LogP contribution < -0.4 is 0 Å². The fraction of sp³-hybridized carbons (Fsp3) is 0.667. The molecule has 2 aromatic rings. The van der Waals surface area contributed by atoms with Gasteiger partial charge in [-0.3, -0.25) is 4.68 Å². The van der Waals surface area contributed by atoms with Crippen LogP contribution in [0.3, 0.4) is 0 Å². The second-order valence-electron chi connectivity index (χ2n) is 5.64. The number of aromatic nitrogens is 6. The molecule has 116 valence electrons. The quantitative estimate of drug-likeness (QED) is 0.796. The third kappa shape index (κ3) is 3.12. The maximum absolute atomic E-state index is 11.8. The van der Waals surface area contributed by atoms with Crippen molar-refractivity contribution in [1.82, 2.24) is 30.0 Å². The number of hydrogen-bond acceptors (Lipinski definition) is 6. The normalized spacial score (nSPS) is 12.8. The van der Waals surface area contributed by atoms with E-state index in [-0.39, 0.29) is 5.82 Å². The van der Waals surface area contributed by atoms with Crippen LogP contribution in [0.15, 0.2) is 6.07 Å². The Bertz CT molecular complexity index is 744. The molecular weight excluding hydrogens is 292 g/mol. The molecule has 0 aromatic carbocycles. The fourth-order valence-corrected chi connectivity index (χ4v) is 2.24. The summed E-state index contributed by atoms with van der Waals surface area (Å²) in [6, 6.07) is 1.99. The predicted octanol–water partition coefficient (Wildman–Crippen LogP) is 0.466. The van der Waals surface area contributed by atoms with Crippen molar-refractivity contribution in [2.75, 3.05) is 6.26 Å². The second kappa shape index (κ2) is 5.21. The zero-order chi connectivity index (χ0) is 15.8. The molecule has 0 atom stereocenters. The van der Waals surface area contributed by atoms with E-state index in [2.05, 4.69) is 20.5 Å². The number of aryl methyl sites for hydroxylation is 4. The number of sulfone groups is 1. The molecule has 2 heterocycles. The second-order valence-corrected chi connectivity index (χ2v) is 8.21. The third-order valence-electron chi connectivity index (χ3n) is 3.53. The molecule has 2 aromatic heterocycles. The van der Waals surface area contributed by atoms with Gasteiger partial charge < -0.3 is 0 Å². The number of hydrogen-bond donors (Lipinski definition) is 0. The highest BCUT2D eigenvalue weighted by molar-refractivity contribution is 7.91. The van der Waals surface area contributed by atoms with Crippen molar-refractivity contribution in [1.29, 1.82) is 0 Å². The summed E-state index contributed by atoms with van der Waals surface area (Å²) in [6.07, 6.45) is 1.17. The van der Waals surface area contributed by atoms with E-state index >= 15 is 0 Å². The molecule has 0 aliphatic rings. The Morgan fingerprint density at radius 3 is 2.38 bits per heavy atom. The van der Waals surface area contributed by atoms with Crippen molar-refractivity contribution in [3.63, 3.8) is 0 Å². The fourth-order valence-electron chi connectivity index (χ4n) is 1.83. The van der Waals surface area contributed by atoms with E-state index in [4.69, 9.17) is 0 Å². The van der Waals surface area contributed by atoms with Gasteiger partial charge in [-0.15, -0.1) is 10.2 Å². The first-order valence-corrected chi connectivity index (χ1v) is 8.49. The zero-order valence-corrected chi connectivity index (χ0v) is 13.7. The van der Waals surface area contributed by atoms with Gasteiger partial charge >= 0.3 is 0 Å². The van der Waals surface area contributed by atoms with Crippen molar-refractivity contribution >= 4 is 9.84 Å². The van der Waals surface area contributed by atoms with Crippen molar-refractivity contribution in [2.24, 2.45) is 0 Å². The van der Waals surface area contributed by atoms with Crippen LogP contribution in [-0.2, 0) is 27.7 Å². The lowest BCUT2D eigenvalue weighted by Crippen LogP contribution is -2.29. The maximum atomic E-state index is 11.8. The summed E-state index contributed by atoms with van der Waals surface area (Å²) in [6.45, 7) is 8.15. The molecule has 9 heteroatoms. The number of tetrazole rings is 1. The van der Waals surface area contributed by atoms with Gasteiger partial charge in [0.25, 0.3) is 0 Å². The topological polar surface area (TPSA) is 95.6 Å². The highest BCUT2D eigenvalue weighted by Gasteiger charge is 2.37. The Morgan fingerprint density at radius 2 is 1.86 bits per heavy atom. The molecule has 0 saturated heterocycles. The summed E-state index contributed by atoms with van der Waals surface area (Å²) < 4.78 is 24.2. The zero-order valence-electron chi connectivity index (χ0n) is 12.9. The molecule has 0 N–H and O–H groups in total. The average molecular weight is 312 g/mol. The third-order valence-corrected chi connectivity index (χ3v) is 5.57. The summed E-state index contributed by atoms with van der Waals surface area (Å²) >= 11 is 0. The van der Waals surface area contributed by atoms with Gasteiger partial charge in [0.1, 0.15) is 4.75 Å². The standard InChI is InChI=1S/C12H20N6O2S/c1-9-8-10(2)17(14-9)6-7-18-15-11(13-16-18)12(3,4)21(5,19)20/h8H,6-7H2,1-5H3. The lowest BCUT2D eigenvalue weighted by Gasteiger charge is -2.17. The molecule has 0 aliphatic carbocycles. The van der Waals surface area contributed by atoms with Crippen molar-refractivity contribution < 1.29 is 8.42 Å². The van der Waals surface area contributed by atoms with Crippen LogP contribution in [-0.4, -0.2) is 44.7 Å². The van der Waals surface area contributed by atoms with E-state index in [1.54, 1.807) is 13.8 Å². The highest BCUT2D eigenvalue weighted by atomic mass is 32.2. The monoisotopic (exact) mass is 312 g/mol. The molecule has 8 nitrogen and oxygen atoms in total. The smallest absolute Gasteiger partial charge is 0.195 e. The Balaban J connectivity index is 2.13. The molecule has 0 radical (unpaired) electrons. The van der Waals surface area contributed by atoms with E-state index in [1.807, 2.05) is 24.6 Å². The first kappa shape index (κ1) is 15.6. The summed E-state index contributed by atoms with van der Waals surface area (Å²) in [5, 5.41) is 16.3. The van der Waals surface area contributed by atoms with Crippen LogP contribution in [0.25, 0.3) is 0 Å². The Hall–Kier alpha value is -1.77.